The fourth-order valence-electron chi connectivity index (χ4n) is 1.56. The van der Waals surface area contributed by atoms with Gasteiger partial charge in [0.25, 0.3) is 0 Å². The zero-order chi connectivity index (χ0) is 12.3. The predicted octanol–water partition coefficient (Wildman–Crippen LogP) is 3.78. The van der Waals surface area contributed by atoms with Crippen LogP contribution < -0.4 is 0 Å². The minimum atomic E-state index is -0.432. The highest BCUT2D eigenvalue weighted by atomic mass is 79.9. The van der Waals surface area contributed by atoms with Gasteiger partial charge in [0.15, 0.2) is 0 Å². The predicted molar refractivity (Wildman–Crippen MR) is 67.8 cm³/mol. The molecular weight excluding hydrogens is 271 g/mol. The lowest BCUT2D eigenvalue weighted by Gasteiger charge is -2.22. The number of rotatable bonds is 4. The second kappa shape index (κ2) is 5.78. The van der Waals surface area contributed by atoms with E-state index in [0.29, 0.717) is 12.3 Å². The van der Waals surface area contributed by atoms with Crippen LogP contribution in [0.1, 0.15) is 26.3 Å². The molecule has 90 valence electrons. The first-order chi connectivity index (χ1) is 7.41. The third-order valence-electron chi connectivity index (χ3n) is 3.10. The van der Waals surface area contributed by atoms with Gasteiger partial charge in [-0.25, -0.2) is 4.39 Å². The van der Waals surface area contributed by atoms with Crippen LogP contribution in [0.3, 0.4) is 0 Å². The van der Waals surface area contributed by atoms with E-state index in [4.69, 9.17) is 0 Å². The maximum atomic E-state index is 13.1. The second-order valence-electron chi connectivity index (χ2n) is 4.61. The molecule has 1 rings (SSSR count). The molecule has 0 aliphatic heterocycles. The van der Waals surface area contributed by atoms with Crippen LogP contribution in [0.2, 0.25) is 0 Å². The molecule has 0 saturated carbocycles. The lowest BCUT2D eigenvalue weighted by atomic mass is 9.89. The van der Waals surface area contributed by atoms with Crippen LogP contribution in [-0.4, -0.2) is 11.2 Å². The van der Waals surface area contributed by atoms with Gasteiger partial charge in [0.2, 0.25) is 0 Å². The third kappa shape index (κ3) is 3.56. The Morgan fingerprint density at radius 3 is 2.50 bits per heavy atom. The number of halogens is 2. The van der Waals surface area contributed by atoms with Crippen molar-refractivity contribution in [3.05, 3.63) is 34.1 Å². The standard InChI is InChI=1S/C13H18BrFO/c1-8(2)9(3)13(16)7-10-6-11(15)4-5-12(10)14/h4-6,8-9,13,16H,7H2,1-3H3. The van der Waals surface area contributed by atoms with Crippen molar-refractivity contribution in [3.63, 3.8) is 0 Å². The molecule has 1 N–H and O–H groups in total. The fraction of sp³-hybridized carbons (Fsp3) is 0.538. The molecule has 1 aromatic rings. The molecule has 0 bridgehead atoms. The van der Waals surface area contributed by atoms with Crippen LogP contribution >= 0.6 is 15.9 Å². The van der Waals surface area contributed by atoms with Crippen LogP contribution in [0.5, 0.6) is 0 Å². The van der Waals surface area contributed by atoms with Gasteiger partial charge in [0, 0.05) is 4.47 Å². The summed E-state index contributed by atoms with van der Waals surface area (Å²) in [5, 5.41) is 10.0. The fourth-order valence-corrected chi connectivity index (χ4v) is 1.96. The molecule has 0 aliphatic carbocycles. The van der Waals surface area contributed by atoms with Crippen LogP contribution in [0.25, 0.3) is 0 Å². The van der Waals surface area contributed by atoms with Crippen molar-refractivity contribution in [2.45, 2.75) is 33.3 Å². The van der Waals surface area contributed by atoms with E-state index < -0.39 is 6.10 Å². The lowest BCUT2D eigenvalue weighted by molar-refractivity contribution is 0.0919. The zero-order valence-corrected chi connectivity index (χ0v) is 11.5. The van der Waals surface area contributed by atoms with E-state index in [1.54, 1.807) is 6.07 Å². The minimum Gasteiger partial charge on any atom is -0.392 e. The molecule has 16 heavy (non-hydrogen) atoms. The maximum Gasteiger partial charge on any atom is 0.123 e. The van der Waals surface area contributed by atoms with Gasteiger partial charge in [-0.05, 0) is 42.0 Å². The first-order valence-electron chi connectivity index (χ1n) is 5.53. The van der Waals surface area contributed by atoms with Crippen molar-refractivity contribution in [1.29, 1.82) is 0 Å². The van der Waals surface area contributed by atoms with Gasteiger partial charge < -0.3 is 5.11 Å². The highest BCUT2D eigenvalue weighted by molar-refractivity contribution is 9.10. The Morgan fingerprint density at radius 2 is 1.94 bits per heavy atom. The lowest BCUT2D eigenvalue weighted by Crippen LogP contribution is -2.24. The summed E-state index contributed by atoms with van der Waals surface area (Å²) in [5.41, 5.74) is 0.819. The smallest absolute Gasteiger partial charge is 0.123 e. The second-order valence-corrected chi connectivity index (χ2v) is 5.46. The molecule has 0 heterocycles. The van der Waals surface area contributed by atoms with Gasteiger partial charge >= 0.3 is 0 Å². The van der Waals surface area contributed by atoms with Crippen molar-refractivity contribution in [2.24, 2.45) is 11.8 Å². The maximum absolute atomic E-state index is 13.1. The summed E-state index contributed by atoms with van der Waals surface area (Å²) < 4.78 is 13.9. The van der Waals surface area contributed by atoms with Gasteiger partial charge in [-0.2, -0.15) is 0 Å². The zero-order valence-electron chi connectivity index (χ0n) is 9.87. The highest BCUT2D eigenvalue weighted by Crippen LogP contribution is 2.23. The van der Waals surface area contributed by atoms with E-state index >= 15 is 0 Å². The molecule has 2 unspecified atom stereocenters. The summed E-state index contributed by atoms with van der Waals surface area (Å²) in [7, 11) is 0. The van der Waals surface area contributed by atoms with Gasteiger partial charge in [-0.3, -0.25) is 0 Å². The molecule has 0 saturated heterocycles. The quantitative estimate of drug-likeness (QED) is 0.894. The summed E-state index contributed by atoms with van der Waals surface area (Å²) >= 11 is 3.37. The largest absolute Gasteiger partial charge is 0.392 e. The van der Waals surface area contributed by atoms with Crippen LogP contribution in [0.15, 0.2) is 22.7 Å². The Hall–Kier alpha value is -0.410. The molecule has 0 amide bonds. The molecular formula is C13H18BrFO. The SMILES string of the molecule is CC(C)C(C)C(O)Cc1cc(F)ccc1Br. The van der Waals surface area contributed by atoms with E-state index in [1.165, 1.54) is 12.1 Å². The number of hydrogen-bond donors (Lipinski definition) is 1. The summed E-state index contributed by atoms with van der Waals surface area (Å²) in [6.45, 7) is 6.17. The molecule has 3 heteroatoms. The average molecular weight is 289 g/mol. The molecule has 1 nitrogen and oxygen atoms in total. The van der Waals surface area contributed by atoms with E-state index in [2.05, 4.69) is 29.8 Å². The molecule has 1 aromatic carbocycles. The number of aliphatic hydroxyl groups is 1. The Bertz CT molecular complexity index is 352. The van der Waals surface area contributed by atoms with Crippen LogP contribution in [0, 0.1) is 17.7 Å². The normalized spacial score (nSPS) is 15.2. The van der Waals surface area contributed by atoms with E-state index in [9.17, 15) is 9.50 Å². The summed E-state index contributed by atoms with van der Waals surface area (Å²) in [6, 6.07) is 4.56. The van der Waals surface area contributed by atoms with Crippen molar-refractivity contribution in [3.8, 4) is 0 Å². The highest BCUT2D eigenvalue weighted by Gasteiger charge is 2.19. The van der Waals surface area contributed by atoms with Gasteiger partial charge in [0.05, 0.1) is 6.10 Å². The first-order valence-corrected chi connectivity index (χ1v) is 6.33. The van der Waals surface area contributed by atoms with Crippen molar-refractivity contribution in [2.75, 3.05) is 0 Å². The molecule has 0 fully saturated rings. The Labute approximate surface area is 105 Å². The van der Waals surface area contributed by atoms with E-state index in [-0.39, 0.29) is 11.7 Å². The van der Waals surface area contributed by atoms with Crippen molar-refractivity contribution in [1.82, 2.24) is 0 Å². The third-order valence-corrected chi connectivity index (χ3v) is 3.87. The van der Waals surface area contributed by atoms with Gasteiger partial charge in [-0.1, -0.05) is 36.7 Å². The molecule has 0 aliphatic rings. The molecule has 0 radical (unpaired) electrons. The van der Waals surface area contributed by atoms with Gasteiger partial charge in [0.1, 0.15) is 5.82 Å². The molecule has 0 spiro atoms. The number of aliphatic hydroxyl groups excluding tert-OH is 1. The summed E-state index contributed by atoms with van der Waals surface area (Å²) in [4.78, 5) is 0. The Morgan fingerprint density at radius 1 is 1.31 bits per heavy atom. The Kier molecular flexibility index (Phi) is 4.93. The van der Waals surface area contributed by atoms with Crippen LogP contribution in [0.4, 0.5) is 4.39 Å². The topological polar surface area (TPSA) is 20.2 Å². The van der Waals surface area contributed by atoms with E-state index in [1.807, 2.05) is 6.92 Å². The van der Waals surface area contributed by atoms with Crippen molar-refractivity contribution >= 4 is 15.9 Å². The summed E-state index contributed by atoms with van der Waals surface area (Å²) in [6.07, 6.45) is 0.0515. The minimum absolute atomic E-state index is 0.204. The van der Waals surface area contributed by atoms with Crippen LogP contribution in [-0.2, 0) is 6.42 Å². The number of benzene rings is 1. The average Bonchev–Trinajstić information content (AvgIpc) is 2.22. The monoisotopic (exact) mass is 288 g/mol. The molecule has 2 atom stereocenters. The Balaban J connectivity index is 2.76. The van der Waals surface area contributed by atoms with Crippen molar-refractivity contribution < 1.29 is 9.50 Å². The van der Waals surface area contributed by atoms with E-state index in [0.717, 1.165) is 10.0 Å². The number of hydrogen-bond acceptors (Lipinski definition) is 1. The summed E-state index contributed by atoms with van der Waals surface area (Å²) in [5.74, 6) is 0.361. The van der Waals surface area contributed by atoms with Gasteiger partial charge in [-0.15, -0.1) is 0 Å². The first kappa shape index (κ1) is 13.7. The molecule has 0 aromatic heterocycles.